The lowest BCUT2D eigenvalue weighted by molar-refractivity contribution is -0.118. The molecular weight excluding hydrogens is 274 g/mol. The Hall–Kier alpha value is -2.13. The zero-order valence-corrected chi connectivity index (χ0v) is 12.4. The minimum atomic E-state index is -0.433. The molecule has 0 N–H and O–H groups in total. The summed E-state index contributed by atoms with van der Waals surface area (Å²) < 4.78 is 0. The van der Waals surface area contributed by atoms with Crippen molar-refractivity contribution in [1.29, 1.82) is 0 Å². The van der Waals surface area contributed by atoms with Gasteiger partial charge in [-0.3, -0.25) is 4.84 Å². The van der Waals surface area contributed by atoms with Crippen molar-refractivity contribution in [3.8, 4) is 0 Å². The fourth-order valence-electron chi connectivity index (χ4n) is 3.97. The van der Waals surface area contributed by atoms with Gasteiger partial charge in [0.1, 0.15) is 12.4 Å². The first-order valence-electron chi connectivity index (χ1n) is 7.87. The van der Waals surface area contributed by atoms with Crippen LogP contribution in [-0.4, -0.2) is 12.4 Å². The van der Waals surface area contributed by atoms with E-state index < -0.39 is 5.41 Å². The molecule has 0 bridgehead atoms. The number of carbonyl (C=O) groups is 1. The molecule has 4 rings (SSSR count). The molecule has 22 heavy (non-hydrogen) atoms. The van der Waals surface area contributed by atoms with Crippen molar-refractivity contribution in [2.24, 2.45) is 5.41 Å². The molecule has 0 amide bonds. The molecule has 1 aliphatic heterocycles. The highest BCUT2D eigenvalue weighted by molar-refractivity contribution is 5.67. The average Bonchev–Trinajstić information content (AvgIpc) is 3.12. The predicted octanol–water partition coefficient (Wildman–Crippen LogP) is 3.92. The third-order valence-electron chi connectivity index (χ3n) is 5.01. The van der Waals surface area contributed by atoms with Gasteiger partial charge in [0.25, 0.3) is 0 Å². The number of benzene rings is 2. The van der Waals surface area contributed by atoms with Gasteiger partial charge in [-0.15, -0.1) is 0 Å². The minimum absolute atomic E-state index is 0.0181. The number of nitrogens with zero attached hydrogens (tertiary/aromatic N) is 1. The summed E-state index contributed by atoms with van der Waals surface area (Å²) in [4.78, 5) is 18.3. The molecule has 1 heterocycles. The van der Waals surface area contributed by atoms with Gasteiger partial charge < -0.3 is 4.79 Å². The van der Waals surface area contributed by atoms with Crippen molar-refractivity contribution < 1.29 is 9.63 Å². The fourth-order valence-corrected chi connectivity index (χ4v) is 3.97. The predicted molar refractivity (Wildman–Crippen MR) is 85.3 cm³/mol. The summed E-state index contributed by atoms with van der Waals surface area (Å²) in [7, 11) is 0. The molecule has 112 valence electrons. The largest absolute Gasteiger partial charge is 0.303 e. The van der Waals surface area contributed by atoms with Crippen molar-refractivity contribution in [3.63, 3.8) is 0 Å². The van der Waals surface area contributed by atoms with Crippen LogP contribution in [0.2, 0.25) is 0 Å². The summed E-state index contributed by atoms with van der Waals surface area (Å²) in [5.41, 5.74) is 1.71. The molecule has 2 aliphatic rings. The van der Waals surface area contributed by atoms with Gasteiger partial charge in [-0.1, -0.05) is 48.5 Å². The van der Waals surface area contributed by atoms with Gasteiger partial charge in [0.2, 0.25) is 0 Å². The maximum atomic E-state index is 12.1. The smallest absolute Gasteiger partial charge is 0.131 e. The maximum Gasteiger partial charge on any atom is 0.131 e. The SMILES string of the molecule is O=C[C@@]12CCCC1ON(c1ccccc1)[C@H]2c1ccccc1. The van der Waals surface area contributed by atoms with Gasteiger partial charge in [0.15, 0.2) is 0 Å². The lowest BCUT2D eigenvalue weighted by Crippen LogP contribution is -2.34. The monoisotopic (exact) mass is 293 g/mol. The molecule has 0 aromatic heterocycles. The Bertz CT molecular complexity index is 658. The maximum absolute atomic E-state index is 12.1. The van der Waals surface area contributed by atoms with E-state index in [0.717, 1.165) is 36.8 Å². The molecule has 0 spiro atoms. The van der Waals surface area contributed by atoms with Gasteiger partial charge in [-0.2, -0.15) is 0 Å². The Morgan fingerprint density at radius 1 is 1.05 bits per heavy atom. The normalized spacial score (nSPS) is 30.3. The molecule has 1 unspecified atom stereocenters. The second kappa shape index (κ2) is 5.25. The van der Waals surface area contributed by atoms with E-state index in [0.29, 0.717) is 0 Å². The number of para-hydroxylation sites is 1. The number of hydroxylamine groups is 1. The first-order valence-corrected chi connectivity index (χ1v) is 7.87. The molecule has 2 aromatic rings. The number of hydrogen-bond donors (Lipinski definition) is 0. The van der Waals surface area contributed by atoms with E-state index in [2.05, 4.69) is 12.1 Å². The van der Waals surface area contributed by atoms with Crippen molar-refractivity contribution in [2.45, 2.75) is 31.4 Å². The van der Waals surface area contributed by atoms with E-state index >= 15 is 0 Å². The number of fused-ring (bicyclic) bond motifs is 1. The number of carbonyl (C=O) groups excluding carboxylic acids is 1. The Labute approximate surface area is 130 Å². The highest BCUT2D eigenvalue weighted by atomic mass is 16.7. The van der Waals surface area contributed by atoms with E-state index in [4.69, 9.17) is 4.84 Å². The highest BCUT2D eigenvalue weighted by Gasteiger charge is 2.59. The summed E-state index contributed by atoms with van der Waals surface area (Å²) in [5.74, 6) is 0. The Kier molecular flexibility index (Phi) is 3.23. The van der Waals surface area contributed by atoms with Gasteiger partial charge in [0.05, 0.1) is 17.1 Å². The highest BCUT2D eigenvalue weighted by Crippen LogP contribution is 2.56. The number of aldehydes is 1. The molecular formula is C19H19NO2. The van der Waals surface area contributed by atoms with Crippen LogP contribution in [0.3, 0.4) is 0 Å². The van der Waals surface area contributed by atoms with E-state index in [1.165, 1.54) is 0 Å². The van der Waals surface area contributed by atoms with Crippen molar-refractivity contribution >= 4 is 12.0 Å². The van der Waals surface area contributed by atoms with Crippen LogP contribution in [0.4, 0.5) is 5.69 Å². The van der Waals surface area contributed by atoms with E-state index in [1.54, 1.807) is 0 Å². The summed E-state index contributed by atoms with van der Waals surface area (Å²) in [5, 5.41) is 1.95. The van der Waals surface area contributed by atoms with Crippen LogP contribution in [0.15, 0.2) is 60.7 Å². The van der Waals surface area contributed by atoms with Crippen LogP contribution in [0.5, 0.6) is 0 Å². The minimum Gasteiger partial charge on any atom is -0.303 e. The summed E-state index contributed by atoms with van der Waals surface area (Å²) in [6.07, 6.45) is 4.02. The third-order valence-corrected chi connectivity index (χ3v) is 5.01. The molecule has 2 fully saturated rings. The van der Waals surface area contributed by atoms with Crippen molar-refractivity contribution in [2.75, 3.05) is 5.06 Å². The summed E-state index contributed by atoms with van der Waals surface area (Å²) in [6, 6.07) is 20.3. The van der Waals surface area contributed by atoms with Gasteiger partial charge >= 0.3 is 0 Å². The number of rotatable bonds is 3. The second-order valence-electron chi connectivity index (χ2n) is 6.19. The Balaban J connectivity index is 1.84. The number of anilines is 1. The average molecular weight is 293 g/mol. The lowest BCUT2D eigenvalue weighted by Gasteiger charge is -2.32. The van der Waals surface area contributed by atoms with Crippen molar-refractivity contribution in [1.82, 2.24) is 0 Å². The van der Waals surface area contributed by atoms with Gasteiger partial charge in [-0.25, -0.2) is 5.06 Å². The van der Waals surface area contributed by atoms with E-state index in [9.17, 15) is 4.79 Å². The van der Waals surface area contributed by atoms with Gasteiger partial charge in [0, 0.05) is 0 Å². The Morgan fingerprint density at radius 3 is 2.41 bits per heavy atom. The second-order valence-corrected chi connectivity index (χ2v) is 6.19. The van der Waals surface area contributed by atoms with Crippen LogP contribution < -0.4 is 5.06 Å². The van der Waals surface area contributed by atoms with Crippen LogP contribution >= 0.6 is 0 Å². The molecule has 3 nitrogen and oxygen atoms in total. The summed E-state index contributed by atoms with van der Waals surface area (Å²) >= 11 is 0. The van der Waals surface area contributed by atoms with Crippen molar-refractivity contribution in [3.05, 3.63) is 66.2 Å². The quantitative estimate of drug-likeness (QED) is 0.803. The van der Waals surface area contributed by atoms with Crippen LogP contribution in [0, 0.1) is 5.41 Å². The lowest BCUT2D eigenvalue weighted by atomic mass is 9.76. The zero-order valence-electron chi connectivity index (χ0n) is 12.4. The Morgan fingerprint density at radius 2 is 1.73 bits per heavy atom. The van der Waals surface area contributed by atoms with Crippen LogP contribution in [0.1, 0.15) is 30.9 Å². The fraction of sp³-hybridized carbons (Fsp3) is 0.316. The molecule has 1 aliphatic carbocycles. The molecule has 0 radical (unpaired) electrons. The molecule has 2 aromatic carbocycles. The zero-order chi connectivity index (χ0) is 15.0. The van der Waals surface area contributed by atoms with E-state index in [-0.39, 0.29) is 12.1 Å². The van der Waals surface area contributed by atoms with E-state index in [1.807, 2.05) is 53.6 Å². The first kappa shape index (κ1) is 13.5. The molecule has 3 heteroatoms. The number of hydrogen-bond acceptors (Lipinski definition) is 3. The third kappa shape index (κ3) is 1.89. The standard InChI is InChI=1S/C19H19NO2/c21-14-19-13-7-12-17(19)22-20(16-10-5-2-6-11-16)18(19)15-8-3-1-4-9-15/h1-6,8-11,14,17-18H,7,12-13H2/t17?,18-,19-/m0/s1. The molecule has 1 saturated carbocycles. The molecule has 1 saturated heterocycles. The summed E-state index contributed by atoms with van der Waals surface area (Å²) in [6.45, 7) is 0. The first-order chi connectivity index (χ1) is 10.8. The van der Waals surface area contributed by atoms with Crippen LogP contribution in [0.25, 0.3) is 0 Å². The van der Waals surface area contributed by atoms with Crippen LogP contribution in [-0.2, 0) is 9.63 Å². The topological polar surface area (TPSA) is 29.5 Å². The molecule has 3 atom stereocenters. The van der Waals surface area contributed by atoms with Gasteiger partial charge in [-0.05, 0) is 37.0 Å².